The third-order valence-corrected chi connectivity index (χ3v) is 5.68. The number of hydrogen-bond acceptors (Lipinski definition) is 5. The maximum absolute atomic E-state index is 13.4. The van der Waals surface area contributed by atoms with Gasteiger partial charge in [-0.3, -0.25) is 9.36 Å². The summed E-state index contributed by atoms with van der Waals surface area (Å²) >= 11 is 0. The highest BCUT2D eigenvalue weighted by atomic mass is 19.1. The highest BCUT2D eigenvalue weighted by Gasteiger charge is 2.25. The number of aromatic nitrogens is 2. The number of rotatable bonds is 2. The summed E-state index contributed by atoms with van der Waals surface area (Å²) in [4.78, 5) is 31.4. The average Bonchev–Trinajstić information content (AvgIpc) is 2.79. The first kappa shape index (κ1) is 19.3. The molecule has 31 heavy (non-hydrogen) atoms. The Bertz CT molecular complexity index is 1200. The van der Waals surface area contributed by atoms with Gasteiger partial charge in [-0.1, -0.05) is 0 Å². The first-order chi connectivity index (χ1) is 15.1. The quantitative estimate of drug-likeness (QED) is 0.683. The first-order valence-electron chi connectivity index (χ1n) is 10.2. The van der Waals surface area contributed by atoms with Gasteiger partial charge in [-0.05, 0) is 37.1 Å². The lowest BCUT2D eigenvalue weighted by Crippen LogP contribution is -2.42. The van der Waals surface area contributed by atoms with Crippen molar-refractivity contribution in [2.24, 2.45) is 0 Å². The number of fused-ring (bicyclic) bond motifs is 2. The van der Waals surface area contributed by atoms with Crippen LogP contribution in [0.1, 0.15) is 18.9 Å². The van der Waals surface area contributed by atoms with E-state index in [4.69, 9.17) is 9.47 Å². The fourth-order valence-electron chi connectivity index (χ4n) is 4.04. The maximum atomic E-state index is 13.4. The number of anilines is 1. The first-order valence-corrected chi connectivity index (χ1v) is 10.2. The Morgan fingerprint density at radius 3 is 2.65 bits per heavy atom. The molecule has 1 saturated heterocycles. The second-order valence-electron chi connectivity index (χ2n) is 7.63. The Hall–Kier alpha value is -3.62. The van der Waals surface area contributed by atoms with Gasteiger partial charge in [-0.2, -0.15) is 0 Å². The number of carbonyl (C=O) groups is 1. The Morgan fingerprint density at radius 2 is 1.84 bits per heavy atom. The van der Waals surface area contributed by atoms with Crippen LogP contribution in [0.3, 0.4) is 0 Å². The zero-order valence-electron chi connectivity index (χ0n) is 16.7. The molecular formula is C22H21FN4O4. The molecule has 2 amide bonds. The van der Waals surface area contributed by atoms with E-state index in [0.29, 0.717) is 67.2 Å². The summed E-state index contributed by atoms with van der Waals surface area (Å²) in [5.74, 6) is 0.863. The minimum absolute atomic E-state index is 0.0622. The van der Waals surface area contributed by atoms with Gasteiger partial charge in [0.05, 0.1) is 17.2 Å². The summed E-state index contributed by atoms with van der Waals surface area (Å²) in [6.45, 7) is 2.01. The summed E-state index contributed by atoms with van der Waals surface area (Å²) < 4.78 is 26.0. The predicted molar refractivity (Wildman–Crippen MR) is 112 cm³/mol. The number of nitrogens with zero attached hydrogens (tertiary/aromatic N) is 3. The van der Waals surface area contributed by atoms with Crippen LogP contribution in [0, 0.1) is 5.82 Å². The van der Waals surface area contributed by atoms with Crippen molar-refractivity contribution in [2.75, 3.05) is 31.6 Å². The fraction of sp³-hybridized carbons (Fsp3) is 0.318. The molecule has 0 radical (unpaired) electrons. The molecule has 3 heterocycles. The van der Waals surface area contributed by atoms with Crippen LogP contribution in [-0.4, -0.2) is 46.8 Å². The zero-order chi connectivity index (χ0) is 21.4. The third kappa shape index (κ3) is 3.78. The molecule has 2 aromatic carbocycles. The summed E-state index contributed by atoms with van der Waals surface area (Å²) in [5, 5.41) is 3.28. The maximum Gasteiger partial charge on any atom is 0.321 e. The molecule has 0 saturated carbocycles. The van der Waals surface area contributed by atoms with Gasteiger partial charge in [0.1, 0.15) is 19.0 Å². The minimum atomic E-state index is -0.422. The van der Waals surface area contributed by atoms with Crippen molar-refractivity contribution in [1.82, 2.24) is 14.5 Å². The molecule has 2 aliphatic heterocycles. The van der Waals surface area contributed by atoms with Gasteiger partial charge in [0.25, 0.3) is 5.56 Å². The van der Waals surface area contributed by atoms with Gasteiger partial charge < -0.3 is 19.7 Å². The summed E-state index contributed by atoms with van der Waals surface area (Å²) in [6.07, 6.45) is 2.73. The van der Waals surface area contributed by atoms with E-state index in [9.17, 15) is 14.0 Å². The van der Waals surface area contributed by atoms with Gasteiger partial charge in [0, 0.05) is 37.0 Å². The molecule has 0 unspecified atom stereocenters. The number of ether oxygens (including phenoxy) is 2. The van der Waals surface area contributed by atoms with Crippen LogP contribution in [0.25, 0.3) is 10.9 Å². The van der Waals surface area contributed by atoms with Crippen molar-refractivity contribution in [2.45, 2.75) is 18.9 Å². The van der Waals surface area contributed by atoms with Crippen molar-refractivity contribution in [1.29, 1.82) is 0 Å². The third-order valence-electron chi connectivity index (χ3n) is 5.68. The van der Waals surface area contributed by atoms with E-state index in [2.05, 4.69) is 10.3 Å². The average molecular weight is 424 g/mol. The molecule has 3 aromatic rings. The van der Waals surface area contributed by atoms with E-state index in [-0.39, 0.29) is 17.6 Å². The molecule has 160 valence electrons. The van der Waals surface area contributed by atoms with Crippen LogP contribution in [0.2, 0.25) is 0 Å². The number of halogens is 1. The van der Waals surface area contributed by atoms with Crippen LogP contribution < -0.4 is 20.3 Å². The molecule has 0 bridgehead atoms. The van der Waals surface area contributed by atoms with E-state index in [0.717, 1.165) is 0 Å². The molecule has 8 nitrogen and oxygen atoms in total. The molecule has 0 atom stereocenters. The summed E-state index contributed by atoms with van der Waals surface area (Å²) in [5.41, 5.74) is 0.792. The Labute approximate surface area is 177 Å². The molecule has 2 aliphatic rings. The molecule has 1 aromatic heterocycles. The van der Waals surface area contributed by atoms with Crippen molar-refractivity contribution >= 4 is 22.6 Å². The van der Waals surface area contributed by atoms with Crippen molar-refractivity contribution in [3.63, 3.8) is 0 Å². The van der Waals surface area contributed by atoms with Crippen LogP contribution >= 0.6 is 0 Å². The van der Waals surface area contributed by atoms with Crippen molar-refractivity contribution in [3.8, 4) is 11.5 Å². The Morgan fingerprint density at radius 1 is 1.06 bits per heavy atom. The van der Waals surface area contributed by atoms with Crippen LogP contribution in [0.5, 0.6) is 11.5 Å². The van der Waals surface area contributed by atoms with Gasteiger partial charge in [0.2, 0.25) is 0 Å². The normalized spacial score (nSPS) is 16.4. The molecule has 0 spiro atoms. The van der Waals surface area contributed by atoms with E-state index in [1.807, 2.05) is 0 Å². The SMILES string of the molecule is O=C(Nc1ccc2c(c1)OCCO2)N1CCC(n2cnc3cc(F)ccc3c2=O)CC1. The van der Waals surface area contributed by atoms with Crippen LogP contribution in [0.15, 0.2) is 47.5 Å². The molecular weight excluding hydrogens is 403 g/mol. The summed E-state index contributed by atoms with van der Waals surface area (Å²) in [6, 6.07) is 9.03. The lowest BCUT2D eigenvalue weighted by molar-refractivity contribution is 0.171. The Kier molecular flexibility index (Phi) is 4.93. The number of amides is 2. The molecule has 5 rings (SSSR count). The lowest BCUT2D eigenvalue weighted by Gasteiger charge is -2.32. The monoisotopic (exact) mass is 424 g/mol. The summed E-state index contributed by atoms with van der Waals surface area (Å²) in [7, 11) is 0. The second-order valence-corrected chi connectivity index (χ2v) is 7.63. The van der Waals surface area contributed by atoms with Gasteiger partial charge in [-0.25, -0.2) is 14.2 Å². The lowest BCUT2D eigenvalue weighted by atomic mass is 10.0. The molecule has 1 N–H and O–H groups in total. The fourth-order valence-corrected chi connectivity index (χ4v) is 4.04. The molecule has 9 heteroatoms. The largest absolute Gasteiger partial charge is 0.486 e. The van der Waals surface area contributed by atoms with Crippen molar-refractivity contribution in [3.05, 3.63) is 58.9 Å². The second kappa shape index (κ2) is 7.90. The highest BCUT2D eigenvalue weighted by Crippen LogP contribution is 2.33. The highest BCUT2D eigenvalue weighted by molar-refractivity contribution is 5.89. The molecule has 0 aliphatic carbocycles. The number of urea groups is 1. The van der Waals surface area contributed by atoms with E-state index in [1.165, 1.54) is 24.5 Å². The number of hydrogen-bond donors (Lipinski definition) is 1. The number of piperidine rings is 1. The Balaban J connectivity index is 1.25. The van der Waals surface area contributed by atoms with E-state index >= 15 is 0 Å². The topological polar surface area (TPSA) is 85.7 Å². The standard InChI is InChI=1S/C22H21FN4O4/c23-14-1-3-17-18(11-14)24-13-27(21(17)28)16-5-7-26(8-6-16)22(29)25-15-2-4-19-20(12-15)31-10-9-30-19/h1-4,11-13,16H,5-10H2,(H,25,29). The number of nitrogens with one attached hydrogen (secondary N) is 1. The smallest absolute Gasteiger partial charge is 0.321 e. The molecule has 1 fully saturated rings. The van der Waals surface area contributed by atoms with Gasteiger partial charge >= 0.3 is 6.03 Å². The number of benzene rings is 2. The van der Waals surface area contributed by atoms with E-state index < -0.39 is 5.82 Å². The van der Waals surface area contributed by atoms with E-state index in [1.54, 1.807) is 27.7 Å². The zero-order valence-corrected chi connectivity index (χ0v) is 16.7. The number of likely N-dealkylation sites (tertiary alicyclic amines) is 1. The minimum Gasteiger partial charge on any atom is -0.486 e. The van der Waals surface area contributed by atoms with Crippen LogP contribution in [-0.2, 0) is 0 Å². The number of carbonyl (C=O) groups excluding carboxylic acids is 1. The predicted octanol–water partition coefficient (Wildman–Crippen LogP) is 3.18. The van der Waals surface area contributed by atoms with Crippen LogP contribution in [0.4, 0.5) is 14.9 Å². The van der Waals surface area contributed by atoms with Crippen molar-refractivity contribution < 1.29 is 18.7 Å². The van der Waals surface area contributed by atoms with Gasteiger partial charge in [0.15, 0.2) is 11.5 Å². The van der Waals surface area contributed by atoms with Gasteiger partial charge in [-0.15, -0.1) is 0 Å².